The van der Waals surface area contributed by atoms with Crippen LogP contribution < -0.4 is 0 Å². The van der Waals surface area contributed by atoms with E-state index in [9.17, 15) is 0 Å². The van der Waals surface area contributed by atoms with E-state index in [4.69, 9.17) is 9.97 Å². The van der Waals surface area contributed by atoms with Crippen LogP contribution >= 0.6 is 0 Å². The van der Waals surface area contributed by atoms with E-state index in [-0.39, 0.29) is 0 Å². The van der Waals surface area contributed by atoms with Crippen molar-refractivity contribution in [3.63, 3.8) is 0 Å². The third kappa shape index (κ3) is 3.21. The molecular formula is C41H24N6. The number of fused-ring (bicyclic) bond motifs is 15. The average molecular weight is 601 g/mol. The molecule has 47 heavy (non-hydrogen) atoms. The maximum absolute atomic E-state index is 5.19. The van der Waals surface area contributed by atoms with Gasteiger partial charge in [-0.15, -0.1) is 0 Å². The van der Waals surface area contributed by atoms with Crippen molar-refractivity contribution in [3.8, 4) is 11.4 Å². The van der Waals surface area contributed by atoms with E-state index in [0.717, 1.165) is 55.4 Å². The molecule has 0 amide bonds. The van der Waals surface area contributed by atoms with Gasteiger partial charge in [-0.2, -0.15) is 0 Å². The summed E-state index contributed by atoms with van der Waals surface area (Å²) >= 11 is 0. The van der Waals surface area contributed by atoms with Gasteiger partial charge in [0, 0.05) is 56.1 Å². The van der Waals surface area contributed by atoms with Crippen LogP contribution in [0.1, 0.15) is 0 Å². The van der Waals surface area contributed by atoms with E-state index in [1.54, 1.807) is 0 Å². The van der Waals surface area contributed by atoms with Crippen LogP contribution in [0.2, 0.25) is 0 Å². The molecule has 218 valence electrons. The van der Waals surface area contributed by atoms with Crippen LogP contribution in [-0.2, 0) is 0 Å². The molecule has 11 aromatic rings. The van der Waals surface area contributed by atoms with Crippen molar-refractivity contribution in [1.29, 1.82) is 0 Å². The summed E-state index contributed by atoms with van der Waals surface area (Å²) in [6.45, 7) is 0. The maximum Gasteiger partial charge on any atom is 0.178 e. The van der Waals surface area contributed by atoms with Crippen molar-refractivity contribution in [3.05, 3.63) is 146 Å². The van der Waals surface area contributed by atoms with E-state index >= 15 is 0 Å². The molecule has 0 N–H and O–H groups in total. The number of nitrogens with zero attached hydrogens (tertiary/aromatic N) is 6. The van der Waals surface area contributed by atoms with Crippen LogP contribution in [0.15, 0.2) is 146 Å². The second-order valence-electron chi connectivity index (χ2n) is 12.1. The lowest BCUT2D eigenvalue weighted by atomic mass is 10.0. The monoisotopic (exact) mass is 600 g/mol. The van der Waals surface area contributed by atoms with Crippen LogP contribution in [-0.4, -0.2) is 28.5 Å². The number of imidazole rings is 1. The van der Waals surface area contributed by atoms with Crippen molar-refractivity contribution in [2.24, 2.45) is 0 Å². The van der Waals surface area contributed by atoms with Gasteiger partial charge in [0.05, 0.1) is 27.6 Å². The van der Waals surface area contributed by atoms with Crippen molar-refractivity contribution >= 4 is 82.2 Å². The molecule has 6 heteroatoms. The summed E-state index contributed by atoms with van der Waals surface area (Å²) in [4.78, 5) is 14.7. The topological polar surface area (TPSA) is 52.9 Å². The van der Waals surface area contributed by atoms with Gasteiger partial charge in [0.1, 0.15) is 11.3 Å². The van der Waals surface area contributed by atoms with E-state index in [0.29, 0.717) is 5.65 Å². The van der Waals surface area contributed by atoms with Gasteiger partial charge in [-0.25, -0.2) is 15.0 Å². The lowest BCUT2D eigenvalue weighted by Gasteiger charge is -2.11. The SMILES string of the molecule is c1ccc(-n2c3ccccc3c3cc4c5c6c(ccc5n(-c5ccccc5)c4cc32)c2cccnc2n2c3cccnc3nc62)cc1. The maximum atomic E-state index is 5.19. The third-order valence-electron chi connectivity index (χ3n) is 9.70. The number of benzene rings is 5. The zero-order valence-electron chi connectivity index (χ0n) is 25.0. The second kappa shape index (κ2) is 9.02. The van der Waals surface area contributed by atoms with Crippen LogP contribution in [0.4, 0.5) is 0 Å². The molecule has 5 aromatic carbocycles. The molecule has 0 radical (unpaired) electrons. The van der Waals surface area contributed by atoms with Gasteiger partial charge in [0.25, 0.3) is 0 Å². The molecule has 0 bridgehead atoms. The van der Waals surface area contributed by atoms with Crippen molar-refractivity contribution < 1.29 is 0 Å². The van der Waals surface area contributed by atoms with Crippen LogP contribution in [0.5, 0.6) is 0 Å². The summed E-state index contributed by atoms with van der Waals surface area (Å²) in [7, 11) is 0. The predicted octanol–water partition coefficient (Wildman–Crippen LogP) is 9.78. The van der Waals surface area contributed by atoms with Gasteiger partial charge in [-0.1, -0.05) is 60.7 Å². The molecule has 0 aliphatic heterocycles. The molecular weight excluding hydrogens is 576 g/mol. The summed E-state index contributed by atoms with van der Waals surface area (Å²) < 4.78 is 6.98. The quantitative estimate of drug-likeness (QED) is 0.186. The molecule has 0 fully saturated rings. The minimum atomic E-state index is 0.712. The fourth-order valence-corrected chi connectivity index (χ4v) is 7.82. The molecule has 0 saturated carbocycles. The van der Waals surface area contributed by atoms with Gasteiger partial charge in [0.2, 0.25) is 0 Å². The Bertz CT molecular complexity index is 3060. The molecule has 6 heterocycles. The smallest absolute Gasteiger partial charge is 0.178 e. The lowest BCUT2D eigenvalue weighted by Crippen LogP contribution is -1.96. The normalized spacial score (nSPS) is 12.3. The molecule has 0 aliphatic carbocycles. The Morgan fingerprint density at radius 3 is 1.87 bits per heavy atom. The van der Waals surface area contributed by atoms with Crippen LogP contribution in [0, 0.1) is 0 Å². The van der Waals surface area contributed by atoms with Crippen molar-refractivity contribution in [2.45, 2.75) is 0 Å². The number of rotatable bonds is 2. The first-order valence-corrected chi connectivity index (χ1v) is 15.8. The highest BCUT2D eigenvalue weighted by atomic mass is 15.1. The predicted molar refractivity (Wildman–Crippen MR) is 192 cm³/mol. The van der Waals surface area contributed by atoms with Gasteiger partial charge < -0.3 is 9.13 Å². The van der Waals surface area contributed by atoms with Gasteiger partial charge in [-0.3, -0.25) is 4.40 Å². The molecule has 0 unspecified atom stereocenters. The molecule has 0 saturated heterocycles. The van der Waals surface area contributed by atoms with E-state index in [1.165, 1.54) is 32.6 Å². The number of aromatic nitrogens is 6. The molecule has 0 spiro atoms. The Morgan fingerprint density at radius 1 is 0.383 bits per heavy atom. The first-order chi connectivity index (χ1) is 23.3. The zero-order chi connectivity index (χ0) is 30.6. The van der Waals surface area contributed by atoms with Gasteiger partial charge in [0.15, 0.2) is 5.65 Å². The summed E-state index contributed by atoms with van der Waals surface area (Å²) in [6, 6.07) is 47.6. The highest BCUT2D eigenvalue weighted by molar-refractivity contribution is 6.31. The molecule has 6 nitrogen and oxygen atoms in total. The first-order valence-electron chi connectivity index (χ1n) is 15.8. The fraction of sp³-hybridized carbons (Fsp3) is 0. The largest absolute Gasteiger partial charge is 0.309 e. The molecule has 0 aliphatic rings. The number of hydrogen-bond donors (Lipinski definition) is 0. The lowest BCUT2D eigenvalue weighted by molar-refractivity contribution is 1.16. The second-order valence-corrected chi connectivity index (χ2v) is 12.1. The Morgan fingerprint density at radius 2 is 1.04 bits per heavy atom. The fourth-order valence-electron chi connectivity index (χ4n) is 7.82. The first kappa shape index (κ1) is 24.8. The number of hydrogen-bond acceptors (Lipinski definition) is 3. The van der Waals surface area contributed by atoms with Gasteiger partial charge >= 0.3 is 0 Å². The summed E-state index contributed by atoms with van der Waals surface area (Å²) in [5, 5.41) is 8.12. The average Bonchev–Trinajstić information content (AvgIpc) is 3.79. The van der Waals surface area contributed by atoms with Crippen LogP contribution in [0.25, 0.3) is 93.6 Å². The standard InChI is InChI=1S/C41H24N6/c1-3-11-25(12-4-1)45-32-17-8-7-15-27(32)30-23-31-36(24-35(30)45)46(26-13-5-2-6-14-26)33-20-19-28-29-16-9-22-43-40(29)47-34-18-10-21-42-39(34)44-41(47)38(28)37(31)33/h1-24H. The van der Waals surface area contributed by atoms with Crippen LogP contribution in [0.3, 0.4) is 0 Å². The minimum absolute atomic E-state index is 0.712. The highest BCUT2D eigenvalue weighted by Crippen LogP contribution is 2.44. The zero-order valence-corrected chi connectivity index (χ0v) is 25.0. The van der Waals surface area contributed by atoms with Gasteiger partial charge in [-0.05, 0) is 78.2 Å². The Labute approximate surface area is 267 Å². The number of pyridine rings is 3. The molecule has 11 rings (SSSR count). The number of para-hydroxylation sites is 3. The Hall–Kier alpha value is -6.53. The van der Waals surface area contributed by atoms with E-state index < -0.39 is 0 Å². The van der Waals surface area contributed by atoms with E-state index in [1.807, 2.05) is 24.5 Å². The molecule has 6 aromatic heterocycles. The third-order valence-corrected chi connectivity index (χ3v) is 9.70. The Kier molecular flexibility index (Phi) is 4.75. The summed E-state index contributed by atoms with van der Waals surface area (Å²) in [5.41, 5.74) is 10.3. The van der Waals surface area contributed by atoms with Crippen molar-refractivity contribution in [2.75, 3.05) is 0 Å². The molecule has 0 atom stereocenters. The minimum Gasteiger partial charge on any atom is -0.309 e. The van der Waals surface area contributed by atoms with Crippen molar-refractivity contribution in [1.82, 2.24) is 28.5 Å². The van der Waals surface area contributed by atoms with E-state index in [2.05, 4.69) is 140 Å². The highest BCUT2D eigenvalue weighted by Gasteiger charge is 2.23. The Balaban J connectivity index is 1.43. The summed E-state index contributed by atoms with van der Waals surface area (Å²) in [6.07, 6.45) is 3.66. The summed E-state index contributed by atoms with van der Waals surface area (Å²) in [5.74, 6) is 0.